The van der Waals surface area contributed by atoms with Gasteiger partial charge in [0.2, 0.25) is 5.88 Å². The van der Waals surface area contributed by atoms with Gasteiger partial charge in [-0.15, -0.1) is 0 Å². The maximum atomic E-state index is 14.1. The van der Waals surface area contributed by atoms with Crippen LogP contribution in [-0.4, -0.2) is 53.2 Å². The van der Waals surface area contributed by atoms with Crippen molar-refractivity contribution in [3.05, 3.63) is 17.4 Å². The van der Waals surface area contributed by atoms with Crippen LogP contribution in [0, 0.1) is 5.82 Å². The molecule has 1 aromatic heterocycles. The smallest absolute Gasteiger partial charge is 0.407 e. The van der Waals surface area contributed by atoms with Gasteiger partial charge in [-0.2, -0.15) is 4.98 Å². The Morgan fingerprint density at radius 2 is 2.04 bits per heavy atom. The van der Waals surface area contributed by atoms with Gasteiger partial charge in [-0.3, -0.25) is 4.79 Å². The van der Waals surface area contributed by atoms with E-state index in [0.29, 0.717) is 25.7 Å². The van der Waals surface area contributed by atoms with Gasteiger partial charge in [-0.05, 0) is 31.7 Å². The Hall–Kier alpha value is -2.58. The van der Waals surface area contributed by atoms with Gasteiger partial charge in [0.15, 0.2) is 11.6 Å². The molecule has 0 unspecified atom stereocenters. The van der Waals surface area contributed by atoms with Crippen LogP contribution in [0.15, 0.2) is 6.07 Å². The molecule has 1 heterocycles. The highest BCUT2D eigenvalue weighted by Gasteiger charge is 2.27. The lowest BCUT2D eigenvalue weighted by atomic mass is 9.90. The quantitative estimate of drug-likeness (QED) is 0.750. The third-order valence-electron chi connectivity index (χ3n) is 4.29. The Balaban J connectivity index is 2.05. The summed E-state index contributed by atoms with van der Waals surface area (Å²) in [6.07, 6.45) is 1.77. The predicted octanol–water partition coefficient (Wildman–Crippen LogP) is 1.66. The number of carbonyl (C=O) groups is 2. The molecule has 1 aromatic rings. The van der Waals surface area contributed by atoms with E-state index in [-0.39, 0.29) is 29.3 Å². The molecule has 0 spiro atoms. The highest BCUT2D eigenvalue weighted by atomic mass is 19.1. The minimum Gasteiger partial charge on any atom is -0.480 e. The molecule has 8 nitrogen and oxygen atoms in total. The third-order valence-corrected chi connectivity index (χ3v) is 4.29. The Morgan fingerprint density at radius 3 is 2.54 bits per heavy atom. The number of anilines is 1. The summed E-state index contributed by atoms with van der Waals surface area (Å²) in [5.74, 6) is -1.55. The lowest BCUT2D eigenvalue weighted by Crippen LogP contribution is -2.41. The van der Waals surface area contributed by atoms with Gasteiger partial charge in [-0.1, -0.05) is 0 Å². The van der Waals surface area contributed by atoms with Gasteiger partial charge >= 0.3 is 6.09 Å². The second-order valence-electron chi connectivity index (χ2n) is 5.78. The highest BCUT2D eigenvalue weighted by Crippen LogP contribution is 2.27. The van der Waals surface area contributed by atoms with Crippen molar-refractivity contribution in [2.45, 2.75) is 37.8 Å². The fraction of sp³-hybridized carbons (Fsp3) is 0.533. The zero-order chi connectivity index (χ0) is 17.9. The molecular weight excluding hydrogens is 319 g/mol. The zero-order valence-corrected chi connectivity index (χ0v) is 13.6. The standard InChI is InChI=1S/C15H21FN4O4/c1-20(15(22)23)9-5-3-8(4-6-9)18-13-11(16)7-10(12(17)21)14(19-13)24-2/h7-9H,3-6H2,1-2H3,(H2,17,21)(H,18,19)(H,22,23). The molecule has 0 bridgehead atoms. The summed E-state index contributed by atoms with van der Waals surface area (Å²) in [6, 6.07) is 0.931. The van der Waals surface area contributed by atoms with Crippen LogP contribution >= 0.6 is 0 Å². The number of nitrogens with two attached hydrogens (primary N) is 1. The second kappa shape index (κ2) is 7.33. The normalized spacial score (nSPS) is 20.3. The number of halogens is 1. The van der Waals surface area contributed by atoms with Crippen LogP contribution < -0.4 is 15.8 Å². The van der Waals surface area contributed by atoms with Crippen LogP contribution in [-0.2, 0) is 0 Å². The Morgan fingerprint density at radius 1 is 1.42 bits per heavy atom. The number of rotatable bonds is 5. The molecule has 0 aromatic carbocycles. The molecule has 1 fully saturated rings. The first-order valence-electron chi connectivity index (χ1n) is 7.60. The number of amides is 2. The van der Waals surface area contributed by atoms with E-state index in [1.165, 1.54) is 12.0 Å². The molecule has 0 atom stereocenters. The van der Waals surface area contributed by atoms with Crippen molar-refractivity contribution in [2.75, 3.05) is 19.5 Å². The average molecular weight is 340 g/mol. The monoisotopic (exact) mass is 340 g/mol. The summed E-state index contributed by atoms with van der Waals surface area (Å²) in [6.45, 7) is 0. The summed E-state index contributed by atoms with van der Waals surface area (Å²) in [4.78, 5) is 27.5. The molecule has 0 radical (unpaired) electrons. The number of aromatic nitrogens is 1. The summed E-state index contributed by atoms with van der Waals surface area (Å²) in [5.41, 5.74) is 5.04. The number of carbonyl (C=O) groups excluding carboxylic acids is 1. The second-order valence-corrected chi connectivity index (χ2v) is 5.78. The molecule has 4 N–H and O–H groups in total. The van der Waals surface area contributed by atoms with E-state index >= 15 is 0 Å². The number of pyridine rings is 1. The van der Waals surface area contributed by atoms with Crippen molar-refractivity contribution < 1.29 is 23.8 Å². The van der Waals surface area contributed by atoms with Crippen molar-refractivity contribution in [2.24, 2.45) is 5.73 Å². The predicted molar refractivity (Wildman–Crippen MR) is 84.7 cm³/mol. The SMILES string of the molecule is COc1nc(NC2CCC(N(C)C(=O)O)CC2)c(F)cc1C(N)=O. The van der Waals surface area contributed by atoms with Gasteiger partial charge in [0.05, 0.1) is 7.11 Å². The van der Waals surface area contributed by atoms with Crippen LogP contribution in [0.1, 0.15) is 36.0 Å². The maximum Gasteiger partial charge on any atom is 0.407 e. The number of hydrogen-bond acceptors (Lipinski definition) is 5. The molecule has 0 aliphatic heterocycles. The van der Waals surface area contributed by atoms with Gasteiger partial charge in [0, 0.05) is 19.1 Å². The minimum atomic E-state index is -0.953. The molecule has 1 aliphatic carbocycles. The van der Waals surface area contributed by atoms with Gasteiger partial charge in [0.25, 0.3) is 5.91 Å². The topological polar surface area (TPSA) is 118 Å². The maximum absolute atomic E-state index is 14.1. The molecular formula is C15H21FN4O4. The largest absolute Gasteiger partial charge is 0.480 e. The number of nitrogens with zero attached hydrogens (tertiary/aromatic N) is 2. The van der Waals surface area contributed by atoms with E-state index in [2.05, 4.69) is 10.3 Å². The number of ether oxygens (including phenoxy) is 1. The van der Waals surface area contributed by atoms with Crippen molar-refractivity contribution in [3.8, 4) is 5.88 Å². The first-order valence-corrected chi connectivity index (χ1v) is 7.60. The van der Waals surface area contributed by atoms with E-state index in [1.54, 1.807) is 7.05 Å². The number of carboxylic acid groups (broad SMARTS) is 1. The summed E-state index contributed by atoms with van der Waals surface area (Å²) in [7, 11) is 2.87. The average Bonchev–Trinajstić information content (AvgIpc) is 2.56. The van der Waals surface area contributed by atoms with E-state index in [0.717, 1.165) is 6.07 Å². The fourth-order valence-electron chi connectivity index (χ4n) is 2.86. The zero-order valence-electron chi connectivity index (χ0n) is 13.6. The van der Waals surface area contributed by atoms with Crippen LogP contribution in [0.5, 0.6) is 5.88 Å². The first-order chi connectivity index (χ1) is 11.3. The van der Waals surface area contributed by atoms with E-state index in [9.17, 15) is 14.0 Å². The Bertz CT molecular complexity index is 632. The molecule has 9 heteroatoms. The molecule has 1 saturated carbocycles. The van der Waals surface area contributed by atoms with Crippen LogP contribution in [0.3, 0.4) is 0 Å². The van der Waals surface area contributed by atoms with Gasteiger partial charge in [0.1, 0.15) is 5.56 Å². The van der Waals surface area contributed by atoms with Crippen LogP contribution in [0.25, 0.3) is 0 Å². The summed E-state index contributed by atoms with van der Waals surface area (Å²) < 4.78 is 19.1. The number of hydrogen-bond donors (Lipinski definition) is 3. The third kappa shape index (κ3) is 3.84. The fourth-order valence-corrected chi connectivity index (χ4v) is 2.86. The number of methoxy groups -OCH3 is 1. The first kappa shape index (κ1) is 17.8. The Labute approximate surface area is 138 Å². The number of nitrogens with one attached hydrogen (secondary N) is 1. The van der Waals surface area contributed by atoms with Crippen molar-refractivity contribution >= 4 is 17.8 Å². The van der Waals surface area contributed by atoms with Crippen LogP contribution in [0.4, 0.5) is 15.0 Å². The molecule has 1 aliphatic rings. The molecule has 24 heavy (non-hydrogen) atoms. The van der Waals surface area contributed by atoms with Crippen molar-refractivity contribution in [1.82, 2.24) is 9.88 Å². The van der Waals surface area contributed by atoms with Crippen molar-refractivity contribution in [3.63, 3.8) is 0 Å². The van der Waals surface area contributed by atoms with E-state index in [1.807, 2.05) is 0 Å². The van der Waals surface area contributed by atoms with E-state index < -0.39 is 17.8 Å². The highest BCUT2D eigenvalue weighted by molar-refractivity contribution is 5.95. The molecule has 132 valence electrons. The van der Waals surface area contributed by atoms with E-state index in [4.69, 9.17) is 15.6 Å². The number of primary amides is 1. The minimum absolute atomic E-state index is 0.00751. The van der Waals surface area contributed by atoms with Crippen molar-refractivity contribution in [1.29, 1.82) is 0 Å². The summed E-state index contributed by atoms with van der Waals surface area (Å²) in [5, 5.41) is 12.0. The molecule has 2 amide bonds. The lowest BCUT2D eigenvalue weighted by molar-refractivity contribution is 0.0996. The molecule has 2 rings (SSSR count). The summed E-state index contributed by atoms with van der Waals surface area (Å²) >= 11 is 0. The lowest BCUT2D eigenvalue weighted by Gasteiger charge is -2.33. The molecule has 0 saturated heterocycles. The Kier molecular flexibility index (Phi) is 5.42. The van der Waals surface area contributed by atoms with Gasteiger partial charge < -0.3 is 25.8 Å². The van der Waals surface area contributed by atoms with Gasteiger partial charge in [-0.25, -0.2) is 9.18 Å². The van der Waals surface area contributed by atoms with Crippen LogP contribution in [0.2, 0.25) is 0 Å².